The number of rotatable bonds is 5. The Bertz CT molecular complexity index is 540. The normalized spacial score (nSPS) is 49.4. The van der Waals surface area contributed by atoms with Gasteiger partial charge in [-0.2, -0.15) is 0 Å². The molecule has 0 bridgehead atoms. The van der Waals surface area contributed by atoms with E-state index in [-0.39, 0.29) is 6.10 Å². The summed E-state index contributed by atoms with van der Waals surface area (Å²) in [5, 5.41) is 10.2. The fourth-order valence-corrected chi connectivity index (χ4v) is 8.84. The molecule has 0 amide bonds. The van der Waals surface area contributed by atoms with Crippen molar-refractivity contribution >= 4 is 0 Å². The van der Waals surface area contributed by atoms with Gasteiger partial charge in [0.05, 0.1) is 6.10 Å². The van der Waals surface area contributed by atoms with Crippen LogP contribution in [0.3, 0.4) is 0 Å². The van der Waals surface area contributed by atoms with Gasteiger partial charge >= 0.3 is 0 Å². The maximum absolute atomic E-state index is 10.2. The van der Waals surface area contributed by atoms with Crippen molar-refractivity contribution in [2.45, 2.75) is 118 Å². The Hall–Kier alpha value is -0.0400. The van der Waals surface area contributed by atoms with Crippen molar-refractivity contribution < 1.29 is 5.11 Å². The zero-order valence-electron chi connectivity index (χ0n) is 19.6. The van der Waals surface area contributed by atoms with Crippen LogP contribution < -0.4 is 0 Å². The zero-order chi connectivity index (χ0) is 20.1. The first-order valence-corrected chi connectivity index (χ1v) is 12.9. The second-order valence-corrected chi connectivity index (χ2v) is 12.6. The third-order valence-electron chi connectivity index (χ3n) is 11.2. The molecule has 1 N–H and O–H groups in total. The van der Waals surface area contributed by atoms with Gasteiger partial charge < -0.3 is 5.11 Å². The molecule has 162 valence electrons. The number of aliphatic hydroxyl groups is 1. The number of hydrogen-bond acceptors (Lipinski definition) is 1. The molecule has 4 aliphatic carbocycles. The Morgan fingerprint density at radius 3 is 2.32 bits per heavy atom. The molecule has 0 aliphatic heterocycles. The monoisotopic (exact) mass is 388 g/mol. The minimum absolute atomic E-state index is 0.00688. The highest BCUT2D eigenvalue weighted by Gasteiger charge is 2.59. The number of aliphatic hydroxyl groups excluding tert-OH is 1. The predicted molar refractivity (Wildman–Crippen MR) is 119 cm³/mol. The van der Waals surface area contributed by atoms with E-state index in [4.69, 9.17) is 0 Å². The fourth-order valence-electron chi connectivity index (χ4n) is 8.84. The lowest BCUT2D eigenvalue weighted by Gasteiger charge is -2.61. The van der Waals surface area contributed by atoms with Gasteiger partial charge in [0.15, 0.2) is 0 Å². The van der Waals surface area contributed by atoms with Crippen molar-refractivity contribution in [3.05, 3.63) is 0 Å². The summed E-state index contributed by atoms with van der Waals surface area (Å²) in [5.41, 5.74) is 1.17. The molecule has 4 fully saturated rings. The van der Waals surface area contributed by atoms with Crippen molar-refractivity contribution in [2.24, 2.45) is 52.3 Å². The van der Waals surface area contributed by atoms with E-state index in [1.54, 1.807) is 0 Å². The van der Waals surface area contributed by atoms with Crippen molar-refractivity contribution in [3.8, 4) is 0 Å². The van der Waals surface area contributed by atoms with Crippen LogP contribution in [-0.2, 0) is 0 Å². The summed E-state index contributed by atoms with van der Waals surface area (Å²) >= 11 is 0. The first-order chi connectivity index (χ1) is 13.3. The van der Waals surface area contributed by atoms with E-state index >= 15 is 0 Å². The average Bonchev–Trinajstić information content (AvgIpc) is 2.99. The zero-order valence-corrected chi connectivity index (χ0v) is 19.6. The van der Waals surface area contributed by atoms with Crippen LogP contribution in [0.15, 0.2) is 0 Å². The van der Waals surface area contributed by atoms with Crippen molar-refractivity contribution in [2.75, 3.05) is 0 Å². The summed E-state index contributed by atoms with van der Waals surface area (Å²) in [7, 11) is 0. The van der Waals surface area contributed by atoms with Crippen molar-refractivity contribution in [3.63, 3.8) is 0 Å². The molecule has 9 atom stereocenters. The van der Waals surface area contributed by atoms with Gasteiger partial charge in [-0.25, -0.2) is 0 Å². The molecular formula is C27H48O. The Morgan fingerprint density at radius 1 is 0.857 bits per heavy atom. The maximum Gasteiger partial charge on any atom is 0.0543 e. The molecule has 0 radical (unpaired) electrons. The summed E-state index contributed by atoms with van der Waals surface area (Å²) in [6.07, 6.45) is 16.7. The van der Waals surface area contributed by atoms with Gasteiger partial charge in [0.25, 0.3) is 0 Å². The van der Waals surface area contributed by atoms with Gasteiger partial charge in [0.1, 0.15) is 0 Å². The SMILES string of the molecule is CC(C)[C@H](C)CCC[C@H]1CCC2[C@@H]3CC[C@H]4C[C@@H](O)CC[C@]4(C)[C@H]3CC[C@@]21C. The van der Waals surface area contributed by atoms with Gasteiger partial charge in [0.2, 0.25) is 0 Å². The lowest BCUT2D eigenvalue weighted by atomic mass is 9.44. The highest BCUT2D eigenvalue weighted by atomic mass is 16.3. The lowest BCUT2D eigenvalue weighted by Crippen LogP contribution is -2.53. The van der Waals surface area contributed by atoms with Gasteiger partial charge in [-0.3, -0.25) is 0 Å². The van der Waals surface area contributed by atoms with Crippen LogP contribution in [-0.4, -0.2) is 11.2 Å². The minimum atomic E-state index is -0.00688. The van der Waals surface area contributed by atoms with E-state index in [2.05, 4.69) is 34.6 Å². The molecule has 0 saturated heterocycles. The first kappa shape index (κ1) is 21.2. The van der Waals surface area contributed by atoms with Crippen LogP contribution >= 0.6 is 0 Å². The third kappa shape index (κ3) is 3.50. The minimum Gasteiger partial charge on any atom is -0.393 e. The molecule has 4 rings (SSSR count). The van der Waals surface area contributed by atoms with E-state index in [1.807, 2.05) is 0 Å². The van der Waals surface area contributed by atoms with E-state index in [9.17, 15) is 5.11 Å². The van der Waals surface area contributed by atoms with Crippen molar-refractivity contribution in [1.29, 1.82) is 0 Å². The highest BCUT2D eigenvalue weighted by Crippen LogP contribution is 2.67. The molecule has 0 aromatic rings. The Labute approximate surface area is 175 Å². The molecule has 4 aliphatic rings. The van der Waals surface area contributed by atoms with Gasteiger partial charge in [-0.05, 0) is 116 Å². The van der Waals surface area contributed by atoms with E-state index in [0.717, 1.165) is 54.3 Å². The molecule has 1 unspecified atom stereocenters. The second-order valence-electron chi connectivity index (χ2n) is 12.6. The smallest absolute Gasteiger partial charge is 0.0543 e. The molecule has 1 heteroatoms. The number of hydrogen-bond donors (Lipinski definition) is 1. The standard InChI is InChI=1S/C27H48O/c1-18(2)19(3)7-6-8-20-10-12-24-23-11-9-21-17-22(28)13-15-27(21,5)25(23)14-16-26(20,24)4/h18-25,28H,6-17H2,1-5H3/t19-,20+,21+,22+,23+,24?,25+,26-,27+/m1/s1. The van der Waals surface area contributed by atoms with Crippen LogP contribution in [0.25, 0.3) is 0 Å². The average molecular weight is 389 g/mol. The molecule has 28 heavy (non-hydrogen) atoms. The molecular weight excluding hydrogens is 340 g/mol. The quantitative estimate of drug-likeness (QED) is 0.518. The Balaban J connectivity index is 1.42. The van der Waals surface area contributed by atoms with E-state index in [1.165, 1.54) is 64.2 Å². The molecule has 0 heterocycles. The second kappa shape index (κ2) is 7.90. The Kier molecular flexibility index (Phi) is 5.98. The van der Waals surface area contributed by atoms with Gasteiger partial charge in [-0.1, -0.05) is 47.5 Å². The topological polar surface area (TPSA) is 20.2 Å². The van der Waals surface area contributed by atoms with Gasteiger partial charge in [-0.15, -0.1) is 0 Å². The van der Waals surface area contributed by atoms with E-state index in [0.29, 0.717) is 10.8 Å². The predicted octanol–water partition coefficient (Wildman–Crippen LogP) is 7.47. The maximum atomic E-state index is 10.2. The fraction of sp³-hybridized carbons (Fsp3) is 1.00. The molecule has 0 aromatic carbocycles. The summed E-state index contributed by atoms with van der Waals surface area (Å²) in [5.74, 6) is 6.48. The van der Waals surface area contributed by atoms with Crippen LogP contribution in [0.5, 0.6) is 0 Å². The van der Waals surface area contributed by atoms with Gasteiger partial charge in [0, 0.05) is 0 Å². The summed E-state index contributed by atoms with van der Waals surface area (Å²) in [4.78, 5) is 0. The largest absolute Gasteiger partial charge is 0.393 e. The Morgan fingerprint density at radius 2 is 1.57 bits per heavy atom. The van der Waals surface area contributed by atoms with Crippen molar-refractivity contribution in [1.82, 2.24) is 0 Å². The molecule has 1 nitrogen and oxygen atoms in total. The first-order valence-electron chi connectivity index (χ1n) is 12.9. The molecule has 0 spiro atoms. The molecule has 4 saturated carbocycles. The van der Waals surface area contributed by atoms with Crippen LogP contribution in [0, 0.1) is 52.3 Å². The number of fused-ring (bicyclic) bond motifs is 5. The molecule has 0 aromatic heterocycles. The van der Waals surface area contributed by atoms with Crippen LogP contribution in [0.2, 0.25) is 0 Å². The summed E-state index contributed by atoms with van der Waals surface area (Å²) in [6, 6.07) is 0. The lowest BCUT2D eigenvalue weighted by molar-refractivity contribution is -0.127. The van der Waals surface area contributed by atoms with Crippen LogP contribution in [0.1, 0.15) is 112 Å². The summed E-state index contributed by atoms with van der Waals surface area (Å²) < 4.78 is 0. The van der Waals surface area contributed by atoms with E-state index < -0.39 is 0 Å². The van der Waals surface area contributed by atoms with Crippen LogP contribution in [0.4, 0.5) is 0 Å². The third-order valence-corrected chi connectivity index (χ3v) is 11.2. The summed E-state index contributed by atoms with van der Waals surface area (Å²) in [6.45, 7) is 12.6. The highest BCUT2D eigenvalue weighted by molar-refractivity contribution is 5.09.